The van der Waals surface area contributed by atoms with E-state index in [2.05, 4.69) is 32.0 Å². The third kappa shape index (κ3) is 3.67. The molecule has 8 nitrogen and oxygen atoms in total. The van der Waals surface area contributed by atoms with Crippen molar-refractivity contribution in [2.24, 2.45) is 12.5 Å². The molecule has 0 saturated carbocycles. The molecule has 2 aromatic heterocycles. The van der Waals surface area contributed by atoms with Crippen molar-refractivity contribution < 1.29 is 5.11 Å². The summed E-state index contributed by atoms with van der Waals surface area (Å²) < 4.78 is 1.51. The Balaban J connectivity index is 1.31. The number of aryl methyl sites for hydroxylation is 1. The molecule has 8 heteroatoms. The molecule has 4 heterocycles. The number of aromatic hydroxyl groups is 1. The number of piperidine rings is 1. The van der Waals surface area contributed by atoms with E-state index < -0.39 is 0 Å². The average Bonchev–Trinajstić information content (AvgIpc) is 2.75. The van der Waals surface area contributed by atoms with Crippen molar-refractivity contribution in [1.82, 2.24) is 24.6 Å². The molecule has 2 fully saturated rings. The zero-order valence-electron chi connectivity index (χ0n) is 17.8. The van der Waals surface area contributed by atoms with Crippen LogP contribution in [0.2, 0.25) is 0 Å². The van der Waals surface area contributed by atoms with Crippen molar-refractivity contribution in [2.45, 2.75) is 12.8 Å². The Morgan fingerprint density at radius 3 is 2.39 bits per heavy atom. The van der Waals surface area contributed by atoms with E-state index in [0.29, 0.717) is 22.6 Å². The van der Waals surface area contributed by atoms with Gasteiger partial charge in [-0.25, -0.2) is 4.98 Å². The van der Waals surface area contributed by atoms with Crippen molar-refractivity contribution in [3.8, 4) is 28.1 Å². The van der Waals surface area contributed by atoms with Gasteiger partial charge in [0.2, 0.25) is 5.95 Å². The normalized spacial score (nSPS) is 18.2. The van der Waals surface area contributed by atoms with Crippen LogP contribution >= 0.6 is 0 Å². The number of likely N-dealkylation sites (tertiary alicyclic amines) is 1. The second kappa shape index (κ2) is 7.46. The number of aromatic nitrogens is 4. The monoisotopic (exact) mass is 418 g/mol. The smallest absolute Gasteiger partial charge is 0.250 e. The summed E-state index contributed by atoms with van der Waals surface area (Å²) in [6.07, 6.45) is 5.82. The molecule has 1 spiro atoms. The average molecular weight is 419 g/mol. The van der Waals surface area contributed by atoms with E-state index in [1.165, 1.54) is 17.4 Å². The Kier molecular flexibility index (Phi) is 4.74. The zero-order chi connectivity index (χ0) is 21.6. The highest BCUT2D eigenvalue weighted by atomic mass is 16.3. The van der Waals surface area contributed by atoms with Gasteiger partial charge in [-0.2, -0.15) is 0 Å². The lowest BCUT2D eigenvalue weighted by Crippen LogP contribution is -2.60. The van der Waals surface area contributed by atoms with E-state index in [-0.39, 0.29) is 11.3 Å². The number of rotatable bonds is 3. The van der Waals surface area contributed by atoms with E-state index in [4.69, 9.17) is 0 Å². The molecule has 0 bridgehead atoms. The Morgan fingerprint density at radius 2 is 1.74 bits per heavy atom. The predicted molar refractivity (Wildman–Crippen MR) is 119 cm³/mol. The van der Waals surface area contributed by atoms with Gasteiger partial charge in [-0.1, -0.05) is 6.07 Å². The Bertz CT molecular complexity index is 1160. The number of phenols is 1. The van der Waals surface area contributed by atoms with E-state index in [1.54, 1.807) is 37.6 Å². The van der Waals surface area contributed by atoms with E-state index >= 15 is 0 Å². The standard InChI is InChI=1S/C23H26N6O2/c1-27-9-6-23(7-10-27)14-29(15-23)22-24-13-19(25-26-22)18-4-3-16(11-20(18)30)17-5-8-28(2)21(31)12-17/h3-5,8,11-13,30H,6-7,9-10,14-15H2,1-2H3. The summed E-state index contributed by atoms with van der Waals surface area (Å²) in [6, 6.07) is 8.67. The molecule has 5 rings (SSSR count). The van der Waals surface area contributed by atoms with Crippen LogP contribution in [0.3, 0.4) is 0 Å². The van der Waals surface area contributed by atoms with E-state index in [0.717, 1.165) is 37.3 Å². The SMILES string of the molecule is CN1CCC2(CC1)CN(c1ncc(-c3ccc(-c4ccn(C)c(=O)c4)cc3O)nn1)C2. The van der Waals surface area contributed by atoms with Gasteiger partial charge in [0.05, 0.1) is 6.20 Å². The first-order chi connectivity index (χ1) is 14.9. The maximum absolute atomic E-state index is 11.9. The number of hydrogen-bond acceptors (Lipinski definition) is 7. The molecular weight excluding hydrogens is 392 g/mol. The first-order valence-electron chi connectivity index (χ1n) is 10.6. The minimum atomic E-state index is -0.0975. The number of nitrogens with zero attached hydrogens (tertiary/aromatic N) is 6. The van der Waals surface area contributed by atoms with Crippen molar-refractivity contribution in [2.75, 3.05) is 38.1 Å². The summed E-state index contributed by atoms with van der Waals surface area (Å²) in [5.74, 6) is 0.723. The maximum atomic E-state index is 11.9. The third-order valence-electron chi connectivity index (χ3n) is 6.64. The quantitative estimate of drug-likeness (QED) is 0.697. The topological polar surface area (TPSA) is 87.4 Å². The highest BCUT2D eigenvalue weighted by Crippen LogP contribution is 2.41. The summed E-state index contributed by atoms with van der Waals surface area (Å²) in [5, 5.41) is 19.2. The molecule has 31 heavy (non-hydrogen) atoms. The lowest BCUT2D eigenvalue weighted by molar-refractivity contribution is 0.0893. The van der Waals surface area contributed by atoms with Crippen LogP contribution in [-0.2, 0) is 7.05 Å². The summed E-state index contributed by atoms with van der Waals surface area (Å²) in [6.45, 7) is 4.27. The molecule has 2 saturated heterocycles. The fourth-order valence-electron chi connectivity index (χ4n) is 4.51. The Labute approximate surface area is 180 Å². The summed E-state index contributed by atoms with van der Waals surface area (Å²) in [4.78, 5) is 21.0. The van der Waals surface area contributed by atoms with Gasteiger partial charge in [-0.15, -0.1) is 10.2 Å². The Hall–Kier alpha value is -3.26. The van der Waals surface area contributed by atoms with Crippen LogP contribution in [0.4, 0.5) is 5.95 Å². The second-order valence-corrected chi connectivity index (χ2v) is 8.90. The van der Waals surface area contributed by atoms with Gasteiger partial charge in [0, 0.05) is 43.4 Å². The third-order valence-corrected chi connectivity index (χ3v) is 6.64. The van der Waals surface area contributed by atoms with E-state index in [9.17, 15) is 9.90 Å². The highest BCUT2D eigenvalue weighted by Gasteiger charge is 2.45. The van der Waals surface area contributed by atoms with Crippen LogP contribution in [0.25, 0.3) is 22.4 Å². The first-order valence-corrected chi connectivity index (χ1v) is 10.6. The maximum Gasteiger partial charge on any atom is 0.250 e. The number of pyridine rings is 1. The molecule has 3 aromatic rings. The summed E-state index contributed by atoms with van der Waals surface area (Å²) in [5.41, 5.74) is 2.91. The molecule has 0 radical (unpaired) electrons. The van der Waals surface area contributed by atoms with Crippen LogP contribution in [0.15, 0.2) is 47.5 Å². The lowest BCUT2D eigenvalue weighted by atomic mass is 9.72. The van der Waals surface area contributed by atoms with Gasteiger partial charge in [0.15, 0.2) is 0 Å². The Morgan fingerprint density at radius 1 is 1.00 bits per heavy atom. The molecule has 0 aliphatic carbocycles. The second-order valence-electron chi connectivity index (χ2n) is 8.90. The zero-order valence-corrected chi connectivity index (χ0v) is 17.8. The van der Waals surface area contributed by atoms with Gasteiger partial charge in [0.1, 0.15) is 11.4 Å². The minimum absolute atomic E-state index is 0.0799. The lowest BCUT2D eigenvalue weighted by Gasteiger charge is -2.53. The summed E-state index contributed by atoms with van der Waals surface area (Å²) >= 11 is 0. The van der Waals surface area contributed by atoms with Crippen LogP contribution in [0, 0.1) is 5.41 Å². The highest BCUT2D eigenvalue weighted by molar-refractivity contribution is 5.73. The van der Waals surface area contributed by atoms with Gasteiger partial charge < -0.3 is 19.5 Å². The number of anilines is 1. The molecule has 1 N–H and O–H groups in total. The molecule has 160 valence electrons. The number of phenolic OH excluding ortho intramolecular Hbond substituents is 1. The van der Waals surface area contributed by atoms with Crippen LogP contribution < -0.4 is 10.5 Å². The largest absolute Gasteiger partial charge is 0.507 e. The molecule has 1 aromatic carbocycles. The van der Waals surface area contributed by atoms with Crippen LogP contribution in [-0.4, -0.2) is 63.0 Å². The van der Waals surface area contributed by atoms with Gasteiger partial charge >= 0.3 is 0 Å². The molecule has 0 atom stereocenters. The van der Waals surface area contributed by atoms with E-state index in [1.807, 2.05) is 12.1 Å². The van der Waals surface area contributed by atoms with Crippen molar-refractivity contribution >= 4 is 5.95 Å². The fraction of sp³-hybridized carbons (Fsp3) is 0.391. The van der Waals surface area contributed by atoms with Crippen LogP contribution in [0.1, 0.15) is 12.8 Å². The van der Waals surface area contributed by atoms with Gasteiger partial charge in [-0.05, 0) is 62.3 Å². The fourth-order valence-corrected chi connectivity index (χ4v) is 4.51. The van der Waals surface area contributed by atoms with Crippen molar-refractivity contribution in [3.05, 3.63) is 53.1 Å². The first kappa shape index (κ1) is 19.7. The summed E-state index contributed by atoms with van der Waals surface area (Å²) in [7, 11) is 3.88. The number of benzene rings is 1. The van der Waals surface area contributed by atoms with Gasteiger partial charge in [0.25, 0.3) is 5.56 Å². The predicted octanol–water partition coefficient (Wildman–Crippen LogP) is 2.14. The number of hydrogen-bond donors (Lipinski definition) is 1. The van der Waals surface area contributed by atoms with Gasteiger partial charge in [-0.3, -0.25) is 4.79 Å². The molecule has 0 amide bonds. The molecule has 2 aliphatic heterocycles. The minimum Gasteiger partial charge on any atom is -0.507 e. The molecule has 0 unspecified atom stereocenters. The molecule has 2 aliphatic rings. The van der Waals surface area contributed by atoms with Crippen molar-refractivity contribution in [1.29, 1.82) is 0 Å². The van der Waals surface area contributed by atoms with Crippen molar-refractivity contribution in [3.63, 3.8) is 0 Å². The molecular formula is C23H26N6O2. The van der Waals surface area contributed by atoms with Crippen LogP contribution in [0.5, 0.6) is 5.75 Å².